The molecule has 1 aromatic carbocycles. The van der Waals surface area contributed by atoms with Crippen LogP contribution in [0.2, 0.25) is 0 Å². The predicted molar refractivity (Wildman–Crippen MR) is 112 cm³/mol. The summed E-state index contributed by atoms with van der Waals surface area (Å²) < 4.78 is 70.2. The molecule has 2 atom stereocenters. The largest absolute Gasteiger partial charge is 0.480 e. The van der Waals surface area contributed by atoms with E-state index in [1.165, 1.54) is 6.07 Å². The van der Waals surface area contributed by atoms with E-state index in [0.29, 0.717) is 28.5 Å². The molecule has 0 radical (unpaired) electrons. The number of rotatable bonds is 8. The first-order chi connectivity index (χ1) is 15.8. The molecule has 180 valence electrons. The minimum atomic E-state index is -4.74. The number of hydrogen-bond donors (Lipinski definition) is 3. The molecule has 2 aromatic heterocycles. The van der Waals surface area contributed by atoms with Crippen LogP contribution in [0.1, 0.15) is 29.2 Å². The van der Waals surface area contributed by atoms with Crippen molar-refractivity contribution in [3.05, 3.63) is 59.4 Å². The van der Waals surface area contributed by atoms with Gasteiger partial charge in [-0.15, -0.1) is 11.3 Å². The second kappa shape index (κ2) is 8.21. The fraction of sp³-hybridized carbons (Fsp3) is 0.250. The Morgan fingerprint density at radius 2 is 1.91 bits per heavy atom. The Kier molecular flexibility index (Phi) is 5.78. The van der Waals surface area contributed by atoms with E-state index in [1.54, 1.807) is 24.3 Å². The van der Waals surface area contributed by atoms with Gasteiger partial charge < -0.3 is 15.4 Å². The SMILES string of the molecule is NC(=O)Cc1ccc([C@H]2C[C@]2(NS(=O)(=O)c2ccc(-c3cc(C(F)(F)F)on3)s2)C(=O)O)cc1. The minimum absolute atomic E-state index is 0.00676. The van der Waals surface area contributed by atoms with Crippen LogP contribution in [0, 0.1) is 0 Å². The van der Waals surface area contributed by atoms with Gasteiger partial charge in [-0.2, -0.15) is 17.9 Å². The van der Waals surface area contributed by atoms with Gasteiger partial charge in [-0.25, -0.2) is 8.42 Å². The van der Waals surface area contributed by atoms with E-state index in [1.807, 2.05) is 0 Å². The Balaban J connectivity index is 1.54. The van der Waals surface area contributed by atoms with Crippen LogP contribution in [-0.4, -0.2) is 36.1 Å². The summed E-state index contributed by atoms with van der Waals surface area (Å²) in [4.78, 5) is 23.1. The molecule has 4 N–H and O–H groups in total. The van der Waals surface area contributed by atoms with Gasteiger partial charge >= 0.3 is 12.1 Å². The van der Waals surface area contributed by atoms with Crippen LogP contribution in [0.3, 0.4) is 0 Å². The highest BCUT2D eigenvalue weighted by atomic mass is 32.2. The molecule has 0 unspecified atom stereocenters. The van der Waals surface area contributed by atoms with Gasteiger partial charge in [0.15, 0.2) is 0 Å². The number of benzene rings is 1. The lowest BCUT2D eigenvalue weighted by Crippen LogP contribution is -2.44. The third-order valence-electron chi connectivity index (χ3n) is 5.31. The molecule has 14 heteroatoms. The van der Waals surface area contributed by atoms with Gasteiger partial charge in [0.2, 0.25) is 11.7 Å². The molecule has 1 amide bonds. The molecule has 0 bridgehead atoms. The Labute approximate surface area is 194 Å². The molecule has 1 saturated carbocycles. The average molecular weight is 515 g/mol. The Morgan fingerprint density at radius 1 is 1.24 bits per heavy atom. The van der Waals surface area contributed by atoms with Gasteiger partial charge in [0.05, 0.1) is 11.3 Å². The van der Waals surface area contributed by atoms with Crippen molar-refractivity contribution in [3.63, 3.8) is 0 Å². The van der Waals surface area contributed by atoms with Crippen LogP contribution in [-0.2, 0) is 32.2 Å². The number of thiophene rings is 1. The molecule has 1 fully saturated rings. The zero-order valence-electron chi connectivity index (χ0n) is 17.0. The fourth-order valence-electron chi connectivity index (χ4n) is 3.54. The van der Waals surface area contributed by atoms with E-state index < -0.39 is 45.3 Å². The topological polar surface area (TPSA) is 153 Å². The average Bonchev–Trinajstić information content (AvgIpc) is 3.11. The van der Waals surface area contributed by atoms with Gasteiger partial charge in [-0.1, -0.05) is 29.4 Å². The lowest BCUT2D eigenvalue weighted by molar-refractivity contribution is -0.155. The quantitative estimate of drug-likeness (QED) is 0.417. The third-order valence-corrected chi connectivity index (χ3v) is 8.42. The first kappa shape index (κ1) is 23.9. The van der Waals surface area contributed by atoms with Crippen molar-refractivity contribution in [3.8, 4) is 10.6 Å². The van der Waals surface area contributed by atoms with E-state index >= 15 is 0 Å². The predicted octanol–water partition coefficient (Wildman–Crippen LogP) is 2.74. The maximum atomic E-state index is 12.9. The third kappa shape index (κ3) is 4.56. The maximum absolute atomic E-state index is 12.9. The number of carboxylic acids is 1. The summed E-state index contributed by atoms with van der Waals surface area (Å²) in [6.07, 6.45) is -4.74. The standard InChI is InChI=1S/C20H16F3N3O6S2/c21-20(22,23)15-8-13(25-32-15)14-5-6-17(33-14)34(30,31)26-19(18(28)29)9-12(19)11-3-1-10(2-4-11)7-16(24)27/h1-6,8,12,26H,7,9H2,(H2,24,27)(H,28,29)/t12-,19-/m1/s1. The minimum Gasteiger partial charge on any atom is -0.480 e. The summed E-state index contributed by atoms with van der Waals surface area (Å²) >= 11 is 0.625. The molecular weight excluding hydrogens is 499 g/mol. The monoisotopic (exact) mass is 515 g/mol. The number of sulfonamides is 1. The van der Waals surface area contributed by atoms with Gasteiger partial charge in [0, 0.05) is 12.0 Å². The van der Waals surface area contributed by atoms with E-state index in [0.717, 1.165) is 6.07 Å². The Morgan fingerprint density at radius 3 is 2.47 bits per heavy atom. The number of carboxylic acid groups (broad SMARTS) is 1. The van der Waals surface area contributed by atoms with Crippen molar-refractivity contribution < 1.29 is 40.8 Å². The van der Waals surface area contributed by atoms with Crippen LogP contribution in [0.4, 0.5) is 13.2 Å². The van der Waals surface area contributed by atoms with E-state index in [4.69, 9.17) is 5.73 Å². The number of nitrogens with zero attached hydrogens (tertiary/aromatic N) is 1. The number of carbonyl (C=O) groups excluding carboxylic acids is 1. The van der Waals surface area contributed by atoms with Gasteiger partial charge in [-0.3, -0.25) is 9.59 Å². The molecule has 2 heterocycles. The highest BCUT2D eigenvalue weighted by Crippen LogP contribution is 2.52. The molecule has 1 aliphatic carbocycles. The lowest BCUT2D eigenvalue weighted by Gasteiger charge is -2.15. The summed E-state index contributed by atoms with van der Waals surface area (Å²) in [5, 5.41) is 13.1. The number of aromatic nitrogens is 1. The highest BCUT2D eigenvalue weighted by molar-refractivity contribution is 7.91. The number of hydrogen-bond acceptors (Lipinski definition) is 7. The molecule has 4 rings (SSSR count). The van der Waals surface area contributed by atoms with Crippen molar-refractivity contribution in [1.29, 1.82) is 0 Å². The Hall–Kier alpha value is -3.23. The number of halogens is 3. The summed E-state index contributed by atoms with van der Waals surface area (Å²) in [5.41, 5.74) is 4.35. The summed E-state index contributed by atoms with van der Waals surface area (Å²) in [7, 11) is -4.33. The maximum Gasteiger partial charge on any atom is 0.452 e. The van der Waals surface area contributed by atoms with Crippen LogP contribution in [0.5, 0.6) is 0 Å². The van der Waals surface area contributed by atoms with Crippen molar-refractivity contribution in [1.82, 2.24) is 9.88 Å². The molecule has 0 spiro atoms. The number of aliphatic carboxylic acids is 1. The van der Waals surface area contributed by atoms with Crippen LogP contribution in [0.25, 0.3) is 10.6 Å². The van der Waals surface area contributed by atoms with Crippen molar-refractivity contribution in [2.45, 2.75) is 34.7 Å². The van der Waals surface area contributed by atoms with E-state index in [9.17, 15) is 36.3 Å². The number of carbonyl (C=O) groups is 2. The first-order valence-electron chi connectivity index (χ1n) is 9.60. The number of alkyl halides is 3. The second-order valence-corrected chi connectivity index (χ2v) is 10.7. The normalized spacial score (nSPS) is 20.3. The number of nitrogens with two attached hydrogens (primary N) is 1. The second-order valence-electron chi connectivity index (χ2n) is 7.72. The van der Waals surface area contributed by atoms with Gasteiger partial charge in [0.1, 0.15) is 15.4 Å². The van der Waals surface area contributed by atoms with Crippen LogP contribution < -0.4 is 10.5 Å². The van der Waals surface area contributed by atoms with Crippen LogP contribution in [0.15, 0.2) is 51.2 Å². The van der Waals surface area contributed by atoms with E-state index in [-0.39, 0.29) is 27.6 Å². The summed E-state index contributed by atoms with van der Waals surface area (Å²) in [6.45, 7) is 0. The number of amides is 1. The van der Waals surface area contributed by atoms with Crippen molar-refractivity contribution in [2.24, 2.45) is 5.73 Å². The first-order valence-corrected chi connectivity index (χ1v) is 11.9. The zero-order chi connectivity index (χ0) is 24.9. The molecule has 0 aliphatic heterocycles. The molecule has 3 aromatic rings. The van der Waals surface area contributed by atoms with Crippen molar-refractivity contribution in [2.75, 3.05) is 0 Å². The zero-order valence-corrected chi connectivity index (χ0v) is 18.6. The van der Waals surface area contributed by atoms with Crippen LogP contribution >= 0.6 is 11.3 Å². The highest BCUT2D eigenvalue weighted by Gasteiger charge is 2.63. The molecule has 1 aliphatic rings. The number of nitrogens with one attached hydrogen (secondary N) is 1. The molecular formula is C20H16F3N3O6S2. The van der Waals surface area contributed by atoms with E-state index in [2.05, 4.69) is 14.4 Å². The van der Waals surface area contributed by atoms with Gasteiger partial charge in [0.25, 0.3) is 10.0 Å². The number of primary amides is 1. The lowest BCUT2D eigenvalue weighted by atomic mass is 10.0. The van der Waals surface area contributed by atoms with Crippen molar-refractivity contribution >= 4 is 33.2 Å². The van der Waals surface area contributed by atoms with Gasteiger partial charge in [-0.05, 0) is 29.7 Å². The fourth-order valence-corrected chi connectivity index (χ4v) is 6.21. The molecule has 34 heavy (non-hydrogen) atoms. The Bertz CT molecular complexity index is 1360. The summed E-state index contributed by atoms with van der Waals surface area (Å²) in [5.74, 6) is -3.88. The smallest absolute Gasteiger partial charge is 0.452 e. The molecule has 0 saturated heterocycles. The summed E-state index contributed by atoms with van der Waals surface area (Å²) in [6, 6.07) is 9.48. The molecule has 9 nitrogen and oxygen atoms in total.